The van der Waals surface area contributed by atoms with E-state index in [2.05, 4.69) is 0 Å². The number of ether oxygens (including phenoxy) is 1. The lowest BCUT2D eigenvalue weighted by atomic mass is 10.2. The predicted molar refractivity (Wildman–Crippen MR) is 115 cm³/mol. The van der Waals surface area contributed by atoms with Gasteiger partial charge in [-0.3, -0.25) is 4.79 Å². The van der Waals surface area contributed by atoms with Crippen LogP contribution in [0.4, 0.5) is 0 Å². The van der Waals surface area contributed by atoms with E-state index in [-0.39, 0.29) is 27.4 Å². The van der Waals surface area contributed by atoms with Crippen LogP contribution in [0.5, 0.6) is 5.75 Å². The molecular weight excluding hydrogens is 412 g/mol. The molecule has 0 spiro atoms. The summed E-state index contributed by atoms with van der Waals surface area (Å²) >= 11 is 6.19. The Labute approximate surface area is 178 Å². The molecule has 2 rings (SSSR count). The standard InChI is InChI=1S/C21H27ClN2O4S/c1-15(2)24(5)29(26,27)17-10-11-19(22)18(14-17)21(25)23(4)12-13-28-20-9-7-6-8-16(20)3/h6-11,14-15H,12-13H2,1-5H3. The molecule has 1 amide bonds. The van der Waals surface area contributed by atoms with Gasteiger partial charge in [0.2, 0.25) is 10.0 Å². The van der Waals surface area contributed by atoms with E-state index in [1.165, 1.54) is 34.5 Å². The van der Waals surface area contributed by atoms with Gasteiger partial charge in [-0.25, -0.2) is 8.42 Å². The van der Waals surface area contributed by atoms with Crippen molar-refractivity contribution in [2.45, 2.75) is 31.7 Å². The Hall–Kier alpha value is -2.09. The summed E-state index contributed by atoms with van der Waals surface area (Å²) in [7, 11) is -0.584. The van der Waals surface area contributed by atoms with Crippen LogP contribution < -0.4 is 4.74 Å². The first-order valence-corrected chi connectivity index (χ1v) is 11.1. The monoisotopic (exact) mass is 438 g/mol. The summed E-state index contributed by atoms with van der Waals surface area (Å²) in [6.07, 6.45) is 0. The fourth-order valence-electron chi connectivity index (χ4n) is 2.59. The lowest BCUT2D eigenvalue weighted by molar-refractivity contribution is 0.0773. The average molecular weight is 439 g/mol. The number of carbonyl (C=O) groups excluding carboxylic acids is 1. The summed E-state index contributed by atoms with van der Waals surface area (Å²) in [6.45, 7) is 6.14. The van der Waals surface area contributed by atoms with Gasteiger partial charge in [0.05, 0.1) is 22.0 Å². The molecule has 8 heteroatoms. The number of likely N-dealkylation sites (N-methyl/N-ethyl adjacent to an activating group) is 1. The number of carbonyl (C=O) groups is 1. The van der Waals surface area contributed by atoms with Gasteiger partial charge in [0, 0.05) is 20.1 Å². The van der Waals surface area contributed by atoms with Crippen molar-refractivity contribution in [3.05, 3.63) is 58.6 Å². The fourth-order valence-corrected chi connectivity index (χ4v) is 4.18. The van der Waals surface area contributed by atoms with E-state index in [0.29, 0.717) is 13.2 Å². The molecule has 6 nitrogen and oxygen atoms in total. The Kier molecular flexibility index (Phi) is 7.68. The molecule has 0 aliphatic carbocycles. The molecule has 0 N–H and O–H groups in total. The molecule has 0 saturated carbocycles. The Morgan fingerprint density at radius 3 is 2.41 bits per heavy atom. The van der Waals surface area contributed by atoms with Crippen LogP contribution in [0.1, 0.15) is 29.8 Å². The van der Waals surface area contributed by atoms with Gasteiger partial charge in [-0.15, -0.1) is 0 Å². The van der Waals surface area contributed by atoms with Crippen molar-refractivity contribution in [1.82, 2.24) is 9.21 Å². The number of rotatable bonds is 8. The largest absolute Gasteiger partial charge is 0.491 e. The van der Waals surface area contributed by atoms with Crippen LogP contribution in [-0.2, 0) is 10.0 Å². The fraction of sp³-hybridized carbons (Fsp3) is 0.381. The zero-order valence-electron chi connectivity index (χ0n) is 17.3. The van der Waals surface area contributed by atoms with Crippen molar-refractivity contribution in [2.75, 3.05) is 27.2 Å². The lowest BCUT2D eigenvalue weighted by Gasteiger charge is -2.22. The van der Waals surface area contributed by atoms with Gasteiger partial charge in [-0.2, -0.15) is 4.31 Å². The molecule has 0 unspecified atom stereocenters. The summed E-state index contributed by atoms with van der Waals surface area (Å²) in [5, 5.41) is 0.202. The van der Waals surface area contributed by atoms with Crippen LogP contribution in [0.25, 0.3) is 0 Å². The first-order valence-electron chi connectivity index (χ1n) is 9.27. The second-order valence-corrected chi connectivity index (χ2v) is 9.50. The number of halogens is 1. The number of hydrogen-bond donors (Lipinski definition) is 0. The van der Waals surface area contributed by atoms with Crippen molar-refractivity contribution >= 4 is 27.5 Å². The molecule has 0 aliphatic rings. The van der Waals surface area contributed by atoms with Gasteiger partial charge < -0.3 is 9.64 Å². The minimum Gasteiger partial charge on any atom is -0.491 e. The maximum atomic E-state index is 12.8. The zero-order valence-corrected chi connectivity index (χ0v) is 18.9. The molecule has 0 bridgehead atoms. The molecule has 0 heterocycles. The van der Waals surface area contributed by atoms with Gasteiger partial charge >= 0.3 is 0 Å². The van der Waals surface area contributed by atoms with E-state index in [4.69, 9.17) is 16.3 Å². The SMILES string of the molecule is Cc1ccccc1OCCN(C)C(=O)c1cc(S(=O)(=O)N(C)C(C)C)ccc1Cl. The second-order valence-electron chi connectivity index (χ2n) is 7.10. The molecule has 29 heavy (non-hydrogen) atoms. The van der Waals surface area contributed by atoms with Crippen LogP contribution in [-0.4, -0.2) is 56.8 Å². The van der Waals surface area contributed by atoms with Gasteiger partial charge in [0.1, 0.15) is 12.4 Å². The molecule has 0 aromatic heterocycles. The minimum absolute atomic E-state index is 0.0333. The third-order valence-electron chi connectivity index (χ3n) is 4.70. The molecule has 2 aromatic carbocycles. The predicted octanol–water partition coefficient (Wildman–Crippen LogP) is 3.83. The molecule has 0 aliphatic heterocycles. The van der Waals surface area contributed by atoms with Crippen LogP contribution in [0.3, 0.4) is 0 Å². The third-order valence-corrected chi connectivity index (χ3v) is 7.06. The van der Waals surface area contributed by atoms with Gasteiger partial charge in [0.15, 0.2) is 0 Å². The number of nitrogens with zero attached hydrogens (tertiary/aromatic N) is 2. The van der Waals surface area contributed by atoms with E-state index >= 15 is 0 Å². The van der Waals surface area contributed by atoms with Crippen molar-refractivity contribution < 1.29 is 17.9 Å². The number of hydrogen-bond acceptors (Lipinski definition) is 4. The molecular formula is C21H27ClN2O4S. The third kappa shape index (κ3) is 5.50. The highest BCUT2D eigenvalue weighted by molar-refractivity contribution is 7.89. The number of sulfonamides is 1. The summed E-state index contributed by atoms with van der Waals surface area (Å²) in [5.74, 6) is 0.392. The smallest absolute Gasteiger partial charge is 0.255 e. The van der Waals surface area contributed by atoms with E-state index in [0.717, 1.165) is 11.3 Å². The number of amides is 1. The highest BCUT2D eigenvalue weighted by Crippen LogP contribution is 2.24. The quantitative estimate of drug-likeness (QED) is 0.628. The van der Waals surface area contributed by atoms with Crippen molar-refractivity contribution in [1.29, 1.82) is 0 Å². The molecule has 0 saturated heterocycles. The topological polar surface area (TPSA) is 66.9 Å². The van der Waals surface area contributed by atoms with E-state index in [1.54, 1.807) is 20.9 Å². The summed E-state index contributed by atoms with van der Waals surface area (Å²) in [6, 6.07) is 11.6. The molecule has 0 atom stereocenters. The second kappa shape index (κ2) is 9.61. The number of para-hydroxylation sites is 1. The van der Waals surface area contributed by atoms with Gasteiger partial charge in [-0.1, -0.05) is 29.8 Å². The van der Waals surface area contributed by atoms with Crippen molar-refractivity contribution in [3.63, 3.8) is 0 Å². The van der Waals surface area contributed by atoms with E-state index in [1.807, 2.05) is 31.2 Å². The maximum absolute atomic E-state index is 12.8. The minimum atomic E-state index is -3.72. The first kappa shape index (κ1) is 23.2. The van der Waals surface area contributed by atoms with E-state index < -0.39 is 10.0 Å². The lowest BCUT2D eigenvalue weighted by Crippen LogP contribution is -2.34. The average Bonchev–Trinajstić information content (AvgIpc) is 2.68. The Bertz CT molecular complexity index is 976. The molecule has 0 fully saturated rings. The highest BCUT2D eigenvalue weighted by atomic mass is 35.5. The summed E-state index contributed by atoms with van der Waals surface area (Å²) < 4.78 is 32.4. The van der Waals surface area contributed by atoms with Crippen LogP contribution in [0.15, 0.2) is 47.4 Å². The maximum Gasteiger partial charge on any atom is 0.255 e. The van der Waals surface area contributed by atoms with Gasteiger partial charge in [-0.05, 0) is 50.6 Å². The Balaban J connectivity index is 2.14. The molecule has 0 radical (unpaired) electrons. The molecule has 2 aromatic rings. The van der Waals surface area contributed by atoms with Gasteiger partial charge in [0.25, 0.3) is 5.91 Å². The van der Waals surface area contributed by atoms with Crippen molar-refractivity contribution in [3.8, 4) is 5.75 Å². The Morgan fingerprint density at radius 1 is 1.14 bits per heavy atom. The van der Waals surface area contributed by atoms with Crippen molar-refractivity contribution in [2.24, 2.45) is 0 Å². The van der Waals surface area contributed by atoms with Crippen LogP contribution in [0, 0.1) is 6.92 Å². The zero-order chi connectivity index (χ0) is 21.8. The Morgan fingerprint density at radius 2 is 1.79 bits per heavy atom. The number of aryl methyl sites for hydroxylation is 1. The van der Waals surface area contributed by atoms with E-state index in [9.17, 15) is 13.2 Å². The summed E-state index contributed by atoms with van der Waals surface area (Å²) in [4.78, 5) is 14.3. The van der Waals surface area contributed by atoms with Crippen LogP contribution >= 0.6 is 11.6 Å². The highest BCUT2D eigenvalue weighted by Gasteiger charge is 2.25. The van der Waals surface area contributed by atoms with Crippen LogP contribution in [0.2, 0.25) is 5.02 Å². The number of benzene rings is 2. The summed E-state index contributed by atoms with van der Waals surface area (Å²) in [5.41, 5.74) is 1.15. The first-order chi connectivity index (χ1) is 13.6. The normalized spacial score (nSPS) is 11.7. The molecule has 158 valence electrons.